The molecule has 4 heteroatoms. The summed E-state index contributed by atoms with van der Waals surface area (Å²) in [6, 6.07) is 11.2. The fourth-order valence-corrected chi connectivity index (χ4v) is 2.95. The Morgan fingerprint density at radius 2 is 1.72 bits per heavy atom. The van der Waals surface area contributed by atoms with E-state index in [2.05, 4.69) is 0 Å². The lowest BCUT2D eigenvalue weighted by Gasteiger charge is -2.15. The van der Waals surface area contributed by atoms with Crippen molar-refractivity contribution in [2.45, 2.75) is 33.8 Å². The molecule has 0 unspecified atom stereocenters. The molecule has 0 N–H and O–H groups in total. The lowest BCUT2D eigenvalue weighted by Crippen LogP contribution is -2.16. The molecule has 0 spiro atoms. The second-order valence-corrected chi connectivity index (χ2v) is 6.44. The van der Waals surface area contributed by atoms with Gasteiger partial charge >= 0.3 is 0 Å². The molecule has 0 radical (unpaired) electrons. The van der Waals surface area contributed by atoms with Gasteiger partial charge in [0.25, 0.3) is 0 Å². The summed E-state index contributed by atoms with van der Waals surface area (Å²) in [5, 5.41) is 0.568. The van der Waals surface area contributed by atoms with Gasteiger partial charge in [-0.05, 0) is 69.2 Å². The Labute approximate surface area is 147 Å². The van der Waals surface area contributed by atoms with Crippen LogP contribution in [0.25, 0.3) is 22.3 Å². The first-order valence-electron chi connectivity index (χ1n) is 8.30. The summed E-state index contributed by atoms with van der Waals surface area (Å²) in [4.78, 5) is 13.1. The summed E-state index contributed by atoms with van der Waals surface area (Å²) in [7, 11) is 1.62. The Bertz CT molecular complexity index is 966. The maximum absolute atomic E-state index is 13.1. The first-order chi connectivity index (χ1) is 11.9. The van der Waals surface area contributed by atoms with Gasteiger partial charge in [0.2, 0.25) is 11.2 Å². The normalized spacial score (nSPS) is 11.1. The van der Waals surface area contributed by atoms with Crippen molar-refractivity contribution in [2.75, 3.05) is 7.11 Å². The molecule has 0 aliphatic carbocycles. The fraction of sp³-hybridized carbons (Fsp3) is 0.286. The smallest absolute Gasteiger partial charge is 0.235 e. The third-order valence-corrected chi connectivity index (χ3v) is 4.00. The van der Waals surface area contributed by atoms with E-state index in [1.54, 1.807) is 7.11 Å². The Balaban J connectivity index is 2.33. The van der Waals surface area contributed by atoms with Gasteiger partial charge in [0, 0.05) is 5.56 Å². The minimum Gasteiger partial charge on any atom is -0.497 e. The van der Waals surface area contributed by atoms with Crippen molar-refractivity contribution in [3.63, 3.8) is 0 Å². The molecule has 0 aliphatic rings. The molecule has 0 amide bonds. The van der Waals surface area contributed by atoms with E-state index < -0.39 is 0 Å². The largest absolute Gasteiger partial charge is 0.497 e. The predicted molar refractivity (Wildman–Crippen MR) is 99.7 cm³/mol. The molecular formula is C21H22O4. The zero-order chi connectivity index (χ0) is 18.1. The molecule has 1 aromatic heterocycles. The van der Waals surface area contributed by atoms with E-state index >= 15 is 0 Å². The van der Waals surface area contributed by atoms with E-state index in [9.17, 15) is 4.79 Å². The van der Waals surface area contributed by atoms with Crippen LogP contribution in [0.4, 0.5) is 0 Å². The topological polar surface area (TPSA) is 48.7 Å². The van der Waals surface area contributed by atoms with Crippen molar-refractivity contribution in [1.82, 2.24) is 0 Å². The zero-order valence-corrected chi connectivity index (χ0v) is 15.2. The molecular weight excluding hydrogens is 316 g/mol. The molecule has 4 nitrogen and oxygen atoms in total. The van der Waals surface area contributed by atoms with Gasteiger partial charge in [0.1, 0.15) is 11.3 Å². The third kappa shape index (κ3) is 3.25. The number of benzene rings is 2. The standard InChI is InChI=1S/C21H22O4/c1-12(2)24-21-19(22)18-14(4)10-13(3)11-17(18)25-20(21)15-6-8-16(23-5)9-7-15/h6-12H,1-5H3. The molecule has 0 saturated carbocycles. The van der Waals surface area contributed by atoms with Gasteiger partial charge in [0.15, 0.2) is 5.76 Å². The number of aryl methyl sites for hydroxylation is 2. The third-order valence-electron chi connectivity index (χ3n) is 4.00. The Morgan fingerprint density at radius 3 is 2.32 bits per heavy atom. The second kappa shape index (κ2) is 6.63. The quantitative estimate of drug-likeness (QED) is 0.681. The molecule has 3 aromatic rings. The second-order valence-electron chi connectivity index (χ2n) is 6.44. The van der Waals surface area contributed by atoms with Crippen LogP contribution in [0.2, 0.25) is 0 Å². The van der Waals surface area contributed by atoms with E-state index in [-0.39, 0.29) is 17.3 Å². The molecule has 130 valence electrons. The molecule has 0 fully saturated rings. The maximum Gasteiger partial charge on any atom is 0.235 e. The molecule has 0 atom stereocenters. The van der Waals surface area contributed by atoms with Crippen LogP contribution in [0, 0.1) is 13.8 Å². The van der Waals surface area contributed by atoms with E-state index in [1.807, 2.05) is 64.1 Å². The highest BCUT2D eigenvalue weighted by Crippen LogP contribution is 2.33. The van der Waals surface area contributed by atoms with Gasteiger partial charge in [-0.3, -0.25) is 4.79 Å². The van der Waals surface area contributed by atoms with E-state index in [1.165, 1.54) is 0 Å². The molecule has 3 rings (SSSR count). The van der Waals surface area contributed by atoms with Crippen molar-refractivity contribution >= 4 is 11.0 Å². The average Bonchev–Trinajstić information content (AvgIpc) is 2.56. The van der Waals surface area contributed by atoms with Gasteiger partial charge in [-0.2, -0.15) is 0 Å². The van der Waals surface area contributed by atoms with E-state index in [0.29, 0.717) is 16.7 Å². The Hall–Kier alpha value is -2.75. The van der Waals surface area contributed by atoms with Crippen LogP contribution >= 0.6 is 0 Å². The van der Waals surface area contributed by atoms with Crippen LogP contribution in [0.15, 0.2) is 45.6 Å². The minimum absolute atomic E-state index is 0.136. The van der Waals surface area contributed by atoms with Crippen LogP contribution in [0.1, 0.15) is 25.0 Å². The van der Waals surface area contributed by atoms with E-state index in [4.69, 9.17) is 13.9 Å². The summed E-state index contributed by atoms with van der Waals surface area (Å²) in [6.45, 7) is 7.68. The highest BCUT2D eigenvalue weighted by molar-refractivity contribution is 5.85. The van der Waals surface area contributed by atoms with Gasteiger partial charge < -0.3 is 13.9 Å². The molecule has 0 bridgehead atoms. The lowest BCUT2D eigenvalue weighted by molar-refractivity contribution is 0.236. The molecule has 2 aromatic carbocycles. The number of ether oxygens (including phenoxy) is 2. The van der Waals surface area contributed by atoms with Crippen molar-refractivity contribution in [3.8, 4) is 22.8 Å². The first-order valence-corrected chi connectivity index (χ1v) is 8.30. The summed E-state index contributed by atoms with van der Waals surface area (Å²) in [5.41, 5.74) is 3.14. The van der Waals surface area contributed by atoms with Crippen LogP contribution < -0.4 is 14.9 Å². The Morgan fingerprint density at radius 1 is 1.04 bits per heavy atom. The van der Waals surface area contributed by atoms with Gasteiger partial charge in [0.05, 0.1) is 18.6 Å². The highest BCUT2D eigenvalue weighted by Gasteiger charge is 2.20. The summed E-state index contributed by atoms with van der Waals surface area (Å²) >= 11 is 0. The summed E-state index contributed by atoms with van der Waals surface area (Å²) < 4.78 is 17.2. The van der Waals surface area contributed by atoms with Crippen molar-refractivity contribution < 1.29 is 13.9 Å². The van der Waals surface area contributed by atoms with Crippen LogP contribution in [0.3, 0.4) is 0 Å². The molecule has 1 heterocycles. The zero-order valence-electron chi connectivity index (χ0n) is 15.2. The molecule has 25 heavy (non-hydrogen) atoms. The van der Waals surface area contributed by atoms with Crippen LogP contribution in [-0.4, -0.2) is 13.2 Å². The lowest BCUT2D eigenvalue weighted by atomic mass is 10.0. The monoisotopic (exact) mass is 338 g/mol. The number of fused-ring (bicyclic) bond motifs is 1. The minimum atomic E-state index is -0.140. The first kappa shape index (κ1) is 17.1. The van der Waals surface area contributed by atoms with Gasteiger partial charge in [-0.15, -0.1) is 0 Å². The van der Waals surface area contributed by atoms with Crippen LogP contribution in [-0.2, 0) is 0 Å². The van der Waals surface area contributed by atoms with Gasteiger partial charge in [-0.1, -0.05) is 6.07 Å². The van der Waals surface area contributed by atoms with Crippen molar-refractivity contribution in [1.29, 1.82) is 0 Å². The summed E-state index contributed by atoms with van der Waals surface area (Å²) in [5.74, 6) is 1.43. The van der Waals surface area contributed by atoms with E-state index in [0.717, 1.165) is 22.4 Å². The molecule has 0 aliphatic heterocycles. The fourth-order valence-electron chi connectivity index (χ4n) is 2.95. The van der Waals surface area contributed by atoms with Crippen molar-refractivity contribution in [3.05, 3.63) is 57.7 Å². The number of hydrogen-bond donors (Lipinski definition) is 0. The Kier molecular flexibility index (Phi) is 4.53. The molecule has 0 saturated heterocycles. The average molecular weight is 338 g/mol. The van der Waals surface area contributed by atoms with Crippen molar-refractivity contribution in [2.24, 2.45) is 0 Å². The maximum atomic E-state index is 13.1. The SMILES string of the molecule is COc1ccc(-c2oc3cc(C)cc(C)c3c(=O)c2OC(C)C)cc1. The number of hydrogen-bond acceptors (Lipinski definition) is 4. The summed E-state index contributed by atoms with van der Waals surface area (Å²) in [6.07, 6.45) is -0.136. The number of methoxy groups -OCH3 is 1. The predicted octanol–water partition coefficient (Wildman–Crippen LogP) is 4.87. The highest BCUT2D eigenvalue weighted by atomic mass is 16.5. The number of rotatable bonds is 4. The van der Waals surface area contributed by atoms with Gasteiger partial charge in [-0.25, -0.2) is 0 Å². The van der Waals surface area contributed by atoms with Crippen LogP contribution in [0.5, 0.6) is 11.5 Å².